The summed E-state index contributed by atoms with van der Waals surface area (Å²) < 4.78 is 12.0. The van der Waals surface area contributed by atoms with Crippen molar-refractivity contribution in [3.63, 3.8) is 0 Å². The average Bonchev–Trinajstić information content (AvgIpc) is 2.58. The zero-order valence-corrected chi connectivity index (χ0v) is 12.6. The Hall–Kier alpha value is -0.835. The van der Waals surface area contributed by atoms with Gasteiger partial charge in [0, 0.05) is 6.04 Å². The molecule has 0 radical (unpaired) electrons. The van der Waals surface area contributed by atoms with Gasteiger partial charge in [-0.15, -0.1) is 0 Å². The van der Waals surface area contributed by atoms with Gasteiger partial charge in [0.15, 0.2) is 0 Å². The molecule has 0 amide bonds. The van der Waals surface area contributed by atoms with Gasteiger partial charge in [-0.1, -0.05) is 31.2 Å². The minimum Gasteiger partial charge on any atom is -0.399 e. The molecule has 1 aromatic rings. The first kappa shape index (κ1) is 14.6. The lowest BCUT2D eigenvalue weighted by Gasteiger charge is -2.32. The summed E-state index contributed by atoms with van der Waals surface area (Å²) in [6, 6.07) is 8.33. The summed E-state index contributed by atoms with van der Waals surface area (Å²) >= 11 is 0. The van der Waals surface area contributed by atoms with Crippen LogP contribution < -0.4 is 11.2 Å². The first-order valence-electron chi connectivity index (χ1n) is 6.98. The first-order chi connectivity index (χ1) is 8.77. The van der Waals surface area contributed by atoms with Crippen LogP contribution in [0, 0.1) is 0 Å². The number of nitrogens with two attached hydrogens (primary N) is 1. The van der Waals surface area contributed by atoms with Crippen molar-refractivity contribution in [2.45, 2.75) is 58.3 Å². The van der Waals surface area contributed by atoms with Gasteiger partial charge in [0.1, 0.15) is 0 Å². The van der Waals surface area contributed by atoms with Gasteiger partial charge >= 0.3 is 7.12 Å². The van der Waals surface area contributed by atoms with E-state index in [9.17, 15) is 0 Å². The van der Waals surface area contributed by atoms with Crippen LogP contribution in [0.5, 0.6) is 0 Å². The summed E-state index contributed by atoms with van der Waals surface area (Å²) in [6.45, 7) is 10.3. The molecular weight excluding hydrogens is 237 g/mol. The Kier molecular flexibility index (Phi) is 3.78. The molecule has 1 heterocycles. The molecule has 19 heavy (non-hydrogen) atoms. The van der Waals surface area contributed by atoms with Crippen LogP contribution in [0.25, 0.3) is 0 Å². The fourth-order valence-corrected chi connectivity index (χ4v) is 2.12. The van der Waals surface area contributed by atoms with Crippen molar-refractivity contribution in [3.8, 4) is 0 Å². The predicted octanol–water partition coefficient (Wildman–Crippen LogP) is 2.40. The Morgan fingerprint density at radius 2 is 1.53 bits per heavy atom. The van der Waals surface area contributed by atoms with E-state index < -0.39 is 0 Å². The fraction of sp³-hybridized carbons (Fsp3) is 0.600. The Morgan fingerprint density at radius 1 is 1.05 bits per heavy atom. The lowest BCUT2D eigenvalue weighted by Crippen LogP contribution is -2.41. The molecule has 1 atom stereocenters. The van der Waals surface area contributed by atoms with Crippen molar-refractivity contribution in [2.24, 2.45) is 5.73 Å². The minimum absolute atomic E-state index is 0.104. The van der Waals surface area contributed by atoms with E-state index in [2.05, 4.69) is 46.8 Å². The summed E-state index contributed by atoms with van der Waals surface area (Å²) in [7, 11) is -0.295. The molecule has 0 aliphatic carbocycles. The molecule has 0 aromatic heterocycles. The van der Waals surface area contributed by atoms with E-state index in [-0.39, 0.29) is 24.4 Å². The summed E-state index contributed by atoms with van der Waals surface area (Å²) in [5.74, 6) is 0. The molecule has 104 valence electrons. The molecule has 4 heteroatoms. The highest BCUT2D eigenvalue weighted by atomic mass is 16.7. The Morgan fingerprint density at radius 3 is 1.95 bits per heavy atom. The Labute approximate surface area is 116 Å². The third kappa shape index (κ3) is 2.71. The smallest absolute Gasteiger partial charge is 0.399 e. The molecule has 2 N–H and O–H groups in total. The van der Waals surface area contributed by atoms with E-state index in [1.165, 1.54) is 0 Å². The number of hydrogen-bond acceptors (Lipinski definition) is 3. The van der Waals surface area contributed by atoms with E-state index in [1.807, 2.05) is 12.1 Å². The largest absolute Gasteiger partial charge is 0.494 e. The van der Waals surface area contributed by atoms with Crippen LogP contribution in [0.2, 0.25) is 0 Å². The molecule has 2 rings (SSSR count). The van der Waals surface area contributed by atoms with Gasteiger partial charge in [0.05, 0.1) is 11.2 Å². The molecule has 1 saturated heterocycles. The van der Waals surface area contributed by atoms with Gasteiger partial charge in [-0.2, -0.15) is 0 Å². The monoisotopic (exact) mass is 261 g/mol. The molecule has 1 fully saturated rings. The Balaban J connectivity index is 2.17. The zero-order valence-electron chi connectivity index (χ0n) is 12.6. The standard InChI is InChI=1S/C15H24BNO2/c1-6-13(17)11-7-9-12(10-8-11)16-18-14(2,3)15(4,5)19-16/h7-10,13H,6,17H2,1-5H3. The summed E-state index contributed by atoms with van der Waals surface area (Å²) in [5, 5.41) is 0. The maximum absolute atomic E-state index is 6.02. The van der Waals surface area contributed by atoms with Crippen molar-refractivity contribution in [1.82, 2.24) is 0 Å². The van der Waals surface area contributed by atoms with Crippen LogP contribution in [0.4, 0.5) is 0 Å². The van der Waals surface area contributed by atoms with Gasteiger partial charge in [-0.3, -0.25) is 0 Å². The molecule has 3 nitrogen and oxygen atoms in total. The fourth-order valence-electron chi connectivity index (χ4n) is 2.12. The van der Waals surface area contributed by atoms with E-state index in [0.29, 0.717) is 0 Å². The third-order valence-corrected chi connectivity index (χ3v) is 4.33. The zero-order chi connectivity index (χ0) is 14.3. The van der Waals surface area contributed by atoms with E-state index >= 15 is 0 Å². The van der Waals surface area contributed by atoms with Crippen molar-refractivity contribution < 1.29 is 9.31 Å². The van der Waals surface area contributed by atoms with Crippen LogP contribution in [0.1, 0.15) is 52.6 Å². The van der Waals surface area contributed by atoms with Crippen molar-refractivity contribution in [3.05, 3.63) is 29.8 Å². The quantitative estimate of drug-likeness (QED) is 0.850. The molecular formula is C15H24BNO2. The van der Waals surface area contributed by atoms with Crippen molar-refractivity contribution in [1.29, 1.82) is 0 Å². The highest BCUT2D eigenvalue weighted by Gasteiger charge is 2.51. The summed E-state index contributed by atoms with van der Waals surface area (Å²) in [5.41, 5.74) is 7.63. The maximum Gasteiger partial charge on any atom is 0.494 e. The first-order valence-corrected chi connectivity index (χ1v) is 6.98. The predicted molar refractivity (Wildman–Crippen MR) is 79.4 cm³/mol. The van der Waals surface area contributed by atoms with E-state index in [1.54, 1.807) is 0 Å². The van der Waals surface area contributed by atoms with Crippen LogP contribution >= 0.6 is 0 Å². The minimum atomic E-state index is -0.295. The summed E-state index contributed by atoms with van der Waals surface area (Å²) in [6.07, 6.45) is 0.940. The van der Waals surface area contributed by atoms with E-state index in [0.717, 1.165) is 17.4 Å². The number of benzene rings is 1. The molecule has 0 spiro atoms. The lowest BCUT2D eigenvalue weighted by molar-refractivity contribution is 0.00578. The van der Waals surface area contributed by atoms with Crippen molar-refractivity contribution in [2.75, 3.05) is 0 Å². The molecule has 1 aromatic carbocycles. The molecule has 0 saturated carbocycles. The maximum atomic E-state index is 6.02. The molecule has 0 bridgehead atoms. The Bertz CT molecular complexity index is 426. The highest BCUT2D eigenvalue weighted by Crippen LogP contribution is 2.36. The van der Waals surface area contributed by atoms with Crippen LogP contribution in [0.3, 0.4) is 0 Å². The molecule has 1 aliphatic heterocycles. The molecule has 1 unspecified atom stereocenters. The van der Waals surface area contributed by atoms with Gasteiger partial charge < -0.3 is 15.0 Å². The second kappa shape index (κ2) is 4.93. The molecule has 1 aliphatic rings. The van der Waals surface area contributed by atoms with Gasteiger partial charge in [0.25, 0.3) is 0 Å². The van der Waals surface area contributed by atoms with Gasteiger partial charge in [0.2, 0.25) is 0 Å². The second-order valence-corrected chi connectivity index (χ2v) is 6.27. The van der Waals surface area contributed by atoms with Gasteiger partial charge in [-0.05, 0) is 45.1 Å². The number of rotatable bonds is 3. The lowest BCUT2D eigenvalue weighted by atomic mass is 9.78. The SMILES string of the molecule is CCC(N)c1ccc(B2OC(C)(C)C(C)(C)O2)cc1. The van der Waals surface area contributed by atoms with Crippen LogP contribution in [-0.2, 0) is 9.31 Å². The summed E-state index contributed by atoms with van der Waals surface area (Å²) in [4.78, 5) is 0. The van der Waals surface area contributed by atoms with E-state index in [4.69, 9.17) is 15.0 Å². The third-order valence-electron chi connectivity index (χ3n) is 4.33. The van der Waals surface area contributed by atoms with Crippen LogP contribution in [-0.4, -0.2) is 18.3 Å². The normalized spacial score (nSPS) is 22.5. The number of hydrogen-bond donors (Lipinski definition) is 1. The van der Waals surface area contributed by atoms with Crippen molar-refractivity contribution >= 4 is 12.6 Å². The highest BCUT2D eigenvalue weighted by molar-refractivity contribution is 6.62. The average molecular weight is 261 g/mol. The second-order valence-electron chi connectivity index (χ2n) is 6.27. The van der Waals surface area contributed by atoms with Gasteiger partial charge in [-0.25, -0.2) is 0 Å². The topological polar surface area (TPSA) is 44.5 Å². The van der Waals surface area contributed by atoms with Crippen LogP contribution in [0.15, 0.2) is 24.3 Å².